The molecule has 7 nitrogen and oxygen atoms in total. The summed E-state index contributed by atoms with van der Waals surface area (Å²) in [5.41, 5.74) is 0. The van der Waals surface area contributed by atoms with Gasteiger partial charge in [0.2, 0.25) is 0 Å². The predicted molar refractivity (Wildman–Crippen MR) is 78.3 cm³/mol. The van der Waals surface area contributed by atoms with Crippen molar-refractivity contribution in [2.75, 3.05) is 6.54 Å². The fourth-order valence-corrected chi connectivity index (χ4v) is 3.19. The maximum atomic E-state index is 12.0. The zero-order valence-electron chi connectivity index (χ0n) is 12.4. The summed E-state index contributed by atoms with van der Waals surface area (Å²) in [7, 11) is -1.88. The second-order valence-corrected chi connectivity index (χ2v) is 6.86. The van der Waals surface area contributed by atoms with E-state index in [0.29, 0.717) is 19.4 Å². The molecule has 0 aromatic carbocycles. The minimum atomic E-state index is -3.58. The number of nitrogens with zero attached hydrogens (tertiary/aromatic N) is 2. The topological polar surface area (TPSA) is 101 Å². The molecular formula is C13H23N3O4S. The first-order chi connectivity index (χ1) is 9.85. The summed E-state index contributed by atoms with van der Waals surface area (Å²) in [6, 6.07) is 0. The summed E-state index contributed by atoms with van der Waals surface area (Å²) < 4.78 is 28.0. The number of carboxylic acid groups (broad SMARTS) is 1. The molecule has 0 bridgehead atoms. The molecule has 1 atom stereocenters. The van der Waals surface area contributed by atoms with E-state index >= 15 is 0 Å². The van der Waals surface area contributed by atoms with E-state index in [1.165, 1.54) is 12.5 Å². The van der Waals surface area contributed by atoms with E-state index in [9.17, 15) is 13.2 Å². The van der Waals surface area contributed by atoms with E-state index in [2.05, 4.69) is 9.71 Å². The molecule has 1 aromatic rings. The van der Waals surface area contributed by atoms with Crippen LogP contribution in [-0.4, -0.2) is 35.6 Å². The monoisotopic (exact) mass is 317 g/mol. The van der Waals surface area contributed by atoms with Crippen LogP contribution in [0.5, 0.6) is 0 Å². The van der Waals surface area contributed by atoms with Crippen LogP contribution in [0.4, 0.5) is 0 Å². The Bertz CT molecular complexity index is 554. The lowest BCUT2D eigenvalue weighted by atomic mass is 9.95. The summed E-state index contributed by atoms with van der Waals surface area (Å²) in [6.07, 6.45) is 6.06. The van der Waals surface area contributed by atoms with Crippen molar-refractivity contribution in [2.45, 2.75) is 44.1 Å². The third kappa shape index (κ3) is 6.26. The number of sulfonamides is 1. The van der Waals surface area contributed by atoms with Crippen molar-refractivity contribution in [3.8, 4) is 0 Å². The molecule has 0 fully saturated rings. The number of nitrogens with one attached hydrogen (secondary N) is 1. The maximum absolute atomic E-state index is 12.0. The van der Waals surface area contributed by atoms with E-state index < -0.39 is 16.0 Å². The average Bonchev–Trinajstić information content (AvgIpc) is 2.83. The van der Waals surface area contributed by atoms with Crippen LogP contribution in [0.3, 0.4) is 0 Å². The molecule has 1 unspecified atom stereocenters. The molecule has 0 aliphatic rings. The van der Waals surface area contributed by atoms with Gasteiger partial charge in [0.15, 0.2) is 5.03 Å². The molecule has 0 aliphatic carbocycles. The third-order valence-electron chi connectivity index (χ3n) is 3.26. The van der Waals surface area contributed by atoms with E-state index in [0.717, 1.165) is 12.8 Å². The Labute approximate surface area is 125 Å². The fourth-order valence-electron chi connectivity index (χ4n) is 2.17. The minimum Gasteiger partial charge on any atom is -0.481 e. The van der Waals surface area contributed by atoms with Crippen molar-refractivity contribution in [2.24, 2.45) is 13.0 Å². The molecular weight excluding hydrogens is 294 g/mol. The zero-order chi connectivity index (χ0) is 15.9. The van der Waals surface area contributed by atoms with Crippen molar-refractivity contribution in [1.29, 1.82) is 0 Å². The van der Waals surface area contributed by atoms with Gasteiger partial charge in [-0.25, -0.2) is 18.1 Å². The Morgan fingerprint density at radius 1 is 1.43 bits per heavy atom. The maximum Gasteiger partial charge on any atom is 0.303 e. The van der Waals surface area contributed by atoms with E-state index in [4.69, 9.17) is 5.11 Å². The van der Waals surface area contributed by atoms with Gasteiger partial charge in [0.25, 0.3) is 10.0 Å². The average molecular weight is 317 g/mol. The Hall–Kier alpha value is -1.41. The van der Waals surface area contributed by atoms with Gasteiger partial charge in [-0.2, -0.15) is 0 Å². The van der Waals surface area contributed by atoms with E-state index in [1.807, 2.05) is 6.92 Å². The van der Waals surface area contributed by atoms with Crippen molar-refractivity contribution in [1.82, 2.24) is 14.3 Å². The highest BCUT2D eigenvalue weighted by Gasteiger charge is 2.17. The molecule has 0 saturated carbocycles. The highest BCUT2D eigenvalue weighted by molar-refractivity contribution is 7.89. The Balaban J connectivity index is 2.47. The van der Waals surface area contributed by atoms with E-state index in [-0.39, 0.29) is 17.4 Å². The third-order valence-corrected chi connectivity index (χ3v) is 4.61. The normalized spacial score (nSPS) is 13.2. The number of imidazole rings is 1. The van der Waals surface area contributed by atoms with Crippen molar-refractivity contribution < 1.29 is 18.3 Å². The number of aryl methyl sites for hydroxylation is 1. The van der Waals surface area contributed by atoms with Gasteiger partial charge in [0, 0.05) is 26.2 Å². The molecule has 1 heterocycles. The van der Waals surface area contributed by atoms with Crippen LogP contribution in [0.2, 0.25) is 0 Å². The van der Waals surface area contributed by atoms with Gasteiger partial charge in [0.05, 0.1) is 6.33 Å². The summed E-state index contributed by atoms with van der Waals surface area (Å²) in [6.45, 7) is 2.33. The summed E-state index contributed by atoms with van der Waals surface area (Å²) in [5, 5.41) is 8.72. The molecule has 0 amide bonds. The van der Waals surface area contributed by atoms with Crippen molar-refractivity contribution >= 4 is 16.0 Å². The van der Waals surface area contributed by atoms with Gasteiger partial charge in [-0.15, -0.1) is 0 Å². The highest BCUT2D eigenvalue weighted by atomic mass is 32.2. The molecule has 0 spiro atoms. The standard InChI is InChI=1S/C13H23N3O4S/c1-3-4-11(5-6-13(17)18)7-8-15-21(19,20)12-9-16(2)10-14-12/h9-11,15H,3-8H2,1-2H3,(H,17,18). The van der Waals surface area contributed by atoms with Gasteiger partial charge < -0.3 is 9.67 Å². The molecule has 120 valence electrons. The molecule has 8 heteroatoms. The second kappa shape index (κ2) is 8.14. The van der Waals surface area contributed by atoms with Gasteiger partial charge in [0.1, 0.15) is 0 Å². The number of carbonyl (C=O) groups is 1. The van der Waals surface area contributed by atoms with Crippen LogP contribution >= 0.6 is 0 Å². The Morgan fingerprint density at radius 2 is 2.14 bits per heavy atom. The van der Waals surface area contributed by atoms with Gasteiger partial charge in [-0.1, -0.05) is 19.8 Å². The van der Waals surface area contributed by atoms with Crippen LogP contribution in [0.15, 0.2) is 17.6 Å². The number of aromatic nitrogens is 2. The highest BCUT2D eigenvalue weighted by Crippen LogP contribution is 2.17. The van der Waals surface area contributed by atoms with Crippen LogP contribution in [-0.2, 0) is 21.9 Å². The van der Waals surface area contributed by atoms with Crippen LogP contribution in [0.25, 0.3) is 0 Å². The van der Waals surface area contributed by atoms with Crippen LogP contribution in [0, 0.1) is 5.92 Å². The lowest BCUT2D eigenvalue weighted by Crippen LogP contribution is -2.26. The Morgan fingerprint density at radius 3 is 2.67 bits per heavy atom. The summed E-state index contributed by atoms with van der Waals surface area (Å²) >= 11 is 0. The molecule has 21 heavy (non-hydrogen) atoms. The number of aliphatic carboxylic acids is 1. The first-order valence-corrected chi connectivity index (χ1v) is 8.53. The molecule has 0 aliphatic heterocycles. The van der Waals surface area contributed by atoms with Gasteiger partial charge in [-0.05, 0) is 18.8 Å². The molecule has 0 radical (unpaired) electrons. The largest absolute Gasteiger partial charge is 0.481 e. The van der Waals surface area contributed by atoms with Crippen molar-refractivity contribution in [3.05, 3.63) is 12.5 Å². The summed E-state index contributed by atoms with van der Waals surface area (Å²) in [4.78, 5) is 14.4. The first-order valence-electron chi connectivity index (χ1n) is 7.04. The fraction of sp³-hybridized carbons (Fsp3) is 0.692. The van der Waals surface area contributed by atoms with Crippen LogP contribution in [0.1, 0.15) is 39.0 Å². The Kier molecular flexibility index (Phi) is 6.83. The lowest BCUT2D eigenvalue weighted by Gasteiger charge is -2.15. The van der Waals surface area contributed by atoms with Crippen molar-refractivity contribution in [3.63, 3.8) is 0 Å². The number of hydrogen-bond acceptors (Lipinski definition) is 4. The van der Waals surface area contributed by atoms with Gasteiger partial charge in [-0.3, -0.25) is 4.79 Å². The quantitative estimate of drug-likeness (QED) is 0.678. The molecule has 1 aromatic heterocycles. The molecule has 2 N–H and O–H groups in total. The summed E-state index contributed by atoms with van der Waals surface area (Å²) in [5.74, 6) is -0.595. The first kappa shape index (κ1) is 17.6. The van der Waals surface area contributed by atoms with E-state index in [1.54, 1.807) is 11.6 Å². The van der Waals surface area contributed by atoms with Gasteiger partial charge >= 0.3 is 5.97 Å². The number of hydrogen-bond donors (Lipinski definition) is 2. The van der Waals surface area contributed by atoms with Crippen LogP contribution < -0.4 is 4.72 Å². The lowest BCUT2D eigenvalue weighted by molar-refractivity contribution is -0.137. The minimum absolute atomic E-state index is 0.00239. The number of carboxylic acids is 1. The zero-order valence-corrected chi connectivity index (χ0v) is 13.3. The smallest absolute Gasteiger partial charge is 0.303 e. The second-order valence-electron chi connectivity index (χ2n) is 5.15. The molecule has 0 saturated heterocycles. The molecule has 1 rings (SSSR count). The number of rotatable bonds is 10. The SMILES string of the molecule is CCCC(CCNS(=O)(=O)c1cn(C)cn1)CCC(=O)O. The predicted octanol–water partition coefficient (Wildman–Crippen LogP) is 1.37.